The number of amides is 1. The van der Waals surface area contributed by atoms with Gasteiger partial charge in [0.2, 0.25) is 5.95 Å². The number of benzene rings is 1. The van der Waals surface area contributed by atoms with Crippen molar-refractivity contribution < 1.29 is 13.9 Å². The summed E-state index contributed by atoms with van der Waals surface area (Å²) in [5, 5.41) is 2.39. The van der Waals surface area contributed by atoms with Crippen molar-refractivity contribution in [3.05, 3.63) is 48.0 Å². The molecule has 0 fully saturated rings. The number of carbonyl (C=O) groups is 1. The number of halogens is 1. The van der Waals surface area contributed by atoms with Crippen LogP contribution in [0.2, 0.25) is 0 Å². The van der Waals surface area contributed by atoms with E-state index < -0.39 is 11.7 Å². The van der Waals surface area contributed by atoms with Crippen molar-refractivity contribution in [2.45, 2.75) is 0 Å². The maximum atomic E-state index is 13.6. The lowest BCUT2D eigenvalue weighted by Crippen LogP contribution is -2.15. The molecule has 0 aliphatic carbocycles. The monoisotopic (exact) mass is 247 g/mol. The highest BCUT2D eigenvalue weighted by molar-refractivity contribution is 6.03. The Bertz CT molecular complexity index is 561. The minimum absolute atomic E-state index is 0.0942. The third-order valence-corrected chi connectivity index (χ3v) is 2.21. The summed E-state index contributed by atoms with van der Waals surface area (Å²) < 4.78 is 18.5. The number of rotatable bonds is 3. The Morgan fingerprint density at radius 1 is 1.33 bits per heavy atom. The van der Waals surface area contributed by atoms with Crippen LogP contribution in [-0.4, -0.2) is 23.0 Å². The number of hydrogen-bond acceptors (Lipinski definition) is 4. The minimum Gasteiger partial charge on any atom is -0.497 e. The van der Waals surface area contributed by atoms with Gasteiger partial charge in [0, 0.05) is 18.5 Å². The van der Waals surface area contributed by atoms with Crippen LogP contribution in [0.1, 0.15) is 10.4 Å². The number of carbonyl (C=O) groups excluding carboxylic acids is 1. The standard InChI is InChI=1S/C12H10FN3O2/c1-18-8-3-4-9(10(13)7-8)11(17)16-12-14-5-2-6-15-12/h2-7H,1H3,(H,14,15,16,17). The number of anilines is 1. The molecule has 0 unspecified atom stereocenters. The lowest BCUT2D eigenvalue weighted by molar-refractivity contribution is 0.102. The molecular weight excluding hydrogens is 237 g/mol. The Hall–Kier alpha value is -2.50. The molecular formula is C12H10FN3O2. The van der Waals surface area contributed by atoms with E-state index in [0.717, 1.165) is 6.07 Å². The molecule has 0 saturated carbocycles. The van der Waals surface area contributed by atoms with Crippen LogP contribution in [0.5, 0.6) is 5.75 Å². The van der Waals surface area contributed by atoms with E-state index in [-0.39, 0.29) is 11.5 Å². The summed E-state index contributed by atoms with van der Waals surface area (Å²) in [6.45, 7) is 0. The van der Waals surface area contributed by atoms with Gasteiger partial charge in [-0.2, -0.15) is 0 Å². The first-order valence-electron chi connectivity index (χ1n) is 5.12. The number of ether oxygens (including phenoxy) is 1. The third-order valence-electron chi connectivity index (χ3n) is 2.21. The molecule has 0 bridgehead atoms. The smallest absolute Gasteiger partial charge is 0.260 e. The Balaban J connectivity index is 2.19. The van der Waals surface area contributed by atoms with Gasteiger partial charge in [-0.05, 0) is 18.2 Å². The molecule has 6 heteroatoms. The molecule has 1 heterocycles. The minimum atomic E-state index is -0.664. The van der Waals surface area contributed by atoms with Gasteiger partial charge in [0.15, 0.2) is 0 Å². The van der Waals surface area contributed by atoms with E-state index in [4.69, 9.17) is 4.74 Å². The molecule has 1 N–H and O–H groups in total. The fourth-order valence-electron chi connectivity index (χ4n) is 1.34. The highest BCUT2D eigenvalue weighted by atomic mass is 19.1. The summed E-state index contributed by atoms with van der Waals surface area (Å²) in [5.41, 5.74) is -0.0942. The van der Waals surface area contributed by atoms with Crippen LogP contribution in [0.3, 0.4) is 0 Å². The molecule has 0 aliphatic heterocycles. The highest BCUT2D eigenvalue weighted by Gasteiger charge is 2.13. The van der Waals surface area contributed by atoms with Crippen LogP contribution >= 0.6 is 0 Å². The van der Waals surface area contributed by atoms with Crippen LogP contribution in [0.15, 0.2) is 36.7 Å². The SMILES string of the molecule is COc1ccc(C(=O)Nc2ncccn2)c(F)c1. The van der Waals surface area contributed by atoms with Gasteiger partial charge in [0.05, 0.1) is 12.7 Å². The van der Waals surface area contributed by atoms with Gasteiger partial charge >= 0.3 is 0 Å². The van der Waals surface area contributed by atoms with Crippen molar-refractivity contribution in [2.24, 2.45) is 0 Å². The largest absolute Gasteiger partial charge is 0.497 e. The van der Waals surface area contributed by atoms with E-state index in [1.165, 1.54) is 31.6 Å². The van der Waals surface area contributed by atoms with Gasteiger partial charge in [-0.3, -0.25) is 10.1 Å². The van der Waals surface area contributed by atoms with E-state index in [1.807, 2.05) is 0 Å². The molecule has 92 valence electrons. The molecule has 0 radical (unpaired) electrons. The average molecular weight is 247 g/mol. The lowest BCUT2D eigenvalue weighted by atomic mass is 10.2. The summed E-state index contributed by atoms with van der Waals surface area (Å²) >= 11 is 0. The molecule has 1 aromatic heterocycles. The molecule has 1 amide bonds. The van der Waals surface area contributed by atoms with E-state index in [9.17, 15) is 9.18 Å². The number of methoxy groups -OCH3 is 1. The van der Waals surface area contributed by atoms with Crippen molar-refractivity contribution in [3.63, 3.8) is 0 Å². The topological polar surface area (TPSA) is 64.1 Å². The van der Waals surface area contributed by atoms with Crippen LogP contribution in [-0.2, 0) is 0 Å². The van der Waals surface area contributed by atoms with E-state index in [0.29, 0.717) is 5.75 Å². The average Bonchev–Trinajstić information content (AvgIpc) is 2.39. The summed E-state index contributed by atoms with van der Waals surface area (Å²) in [5.74, 6) is -0.804. The van der Waals surface area contributed by atoms with Gasteiger partial charge in [-0.1, -0.05) is 0 Å². The Labute approximate surface area is 103 Å². The fraction of sp³-hybridized carbons (Fsp3) is 0.0833. The predicted octanol–water partition coefficient (Wildman–Crippen LogP) is 1.88. The highest BCUT2D eigenvalue weighted by Crippen LogP contribution is 2.16. The maximum Gasteiger partial charge on any atom is 0.260 e. The molecule has 0 aliphatic rings. The van der Waals surface area contributed by atoms with Crippen molar-refractivity contribution in [1.82, 2.24) is 9.97 Å². The van der Waals surface area contributed by atoms with Gasteiger partial charge < -0.3 is 4.74 Å². The molecule has 1 aromatic carbocycles. The molecule has 0 spiro atoms. The lowest BCUT2D eigenvalue weighted by Gasteiger charge is -2.05. The van der Waals surface area contributed by atoms with Crippen molar-refractivity contribution in [3.8, 4) is 5.75 Å². The zero-order valence-corrected chi connectivity index (χ0v) is 9.55. The summed E-state index contributed by atoms with van der Waals surface area (Å²) in [4.78, 5) is 19.4. The van der Waals surface area contributed by atoms with Crippen LogP contribution in [0, 0.1) is 5.82 Å². The summed E-state index contributed by atoms with van der Waals surface area (Å²) in [7, 11) is 1.42. The first-order chi connectivity index (χ1) is 8.70. The second-order valence-corrected chi connectivity index (χ2v) is 3.37. The van der Waals surface area contributed by atoms with Gasteiger partial charge in [-0.25, -0.2) is 14.4 Å². The zero-order valence-electron chi connectivity index (χ0n) is 9.55. The van der Waals surface area contributed by atoms with E-state index in [2.05, 4.69) is 15.3 Å². The Kier molecular flexibility index (Phi) is 3.47. The molecule has 5 nitrogen and oxygen atoms in total. The predicted molar refractivity (Wildman–Crippen MR) is 62.9 cm³/mol. The number of nitrogens with one attached hydrogen (secondary N) is 1. The fourth-order valence-corrected chi connectivity index (χ4v) is 1.34. The molecule has 0 atom stereocenters. The molecule has 2 aromatic rings. The Morgan fingerprint density at radius 2 is 2.06 bits per heavy atom. The molecule has 18 heavy (non-hydrogen) atoms. The van der Waals surface area contributed by atoms with E-state index in [1.54, 1.807) is 6.07 Å². The number of hydrogen-bond donors (Lipinski definition) is 1. The quantitative estimate of drug-likeness (QED) is 0.899. The van der Waals surface area contributed by atoms with E-state index >= 15 is 0 Å². The van der Waals surface area contributed by atoms with Crippen LogP contribution in [0.4, 0.5) is 10.3 Å². The van der Waals surface area contributed by atoms with Crippen molar-refractivity contribution >= 4 is 11.9 Å². The summed E-state index contributed by atoms with van der Waals surface area (Å²) in [6.07, 6.45) is 2.96. The third kappa shape index (κ3) is 2.60. The van der Waals surface area contributed by atoms with Crippen LogP contribution in [0.25, 0.3) is 0 Å². The zero-order chi connectivity index (χ0) is 13.0. The first-order valence-corrected chi connectivity index (χ1v) is 5.12. The molecule has 0 saturated heterocycles. The van der Waals surface area contributed by atoms with Gasteiger partial charge in [-0.15, -0.1) is 0 Å². The second kappa shape index (κ2) is 5.22. The molecule has 2 rings (SSSR count). The number of nitrogens with zero attached hydrogens (tertiary/aromatic N) is 2. The van der Waals surface area contributed by atoms with Crippen molar-refractivity contribution in [1.29, 1.82) is 0 Å². The summed E-state index contributed by atoms with van der Waals surface area (Å²) in [6, 6.07) is 5.60. The van der Waals surface area contributed by atoms with Gasteiger partial charge in [0.1, 0.15) is 11.6 Å². The Morgan fingerprint density at radius 3 is 2.67 bits per heavy atom. The number of aromatic nitrogens is 2. The first kappa shape index (κ1) is 12.0. The van der Waals surface area contributed by atoms with Crippen molar-refractivity contribution in [2.75, 3.05) is 12.4 Å². The van der Waals surface area contributed by atoms with Gasteiger partial charge in [0.25, 0.3) is 5.91 Å². The van der Waals surface area contributed by atoms with Crippen LogP contribution < -0.4 is 10.1 Å². The second-order valence-electron chi connectivity index (χ2n) is 3.37. The maximum absolute atomic E-state index is 13.6. The normalized spacial score (nSPS) is 9.89.